The Balaban J connectivity index is 1.77. The van der Waals surface area contributed by atoms with E-state index in [-0.39, 0.29) is 6.04 Å². The van der Waals surface area contributed by atoms with E-state index in [9.17, 15) is 0 Å². The number of hydrogen-bond donors (Lipinski definition) is 1. The van der Waals surface area contributed by atoms with Crippen molar-refractivity contribution < 1.29 is 4.42 Å². The van der Waals surface area contributed by atoms with Crippen molar-refractivity contribution >= 4 is 23.1 Å². The first-order valence-corrected chi connectivity index (χ1v) is 8.32. The van der Waals surface area contributed by atoms with Crippen molar-refractivity contribution in [2.75, 3.05) is 0 Å². The number of nitrogens with one attached hydrogen (secondary N) is 1. The number of thioether (sulfide) groups is 1. The number of hydrogen-bond acceptors (Lipinski definition) is 5. The van der Waals surface area contributed by atoms with E-state index in [1.54, 1.807) is 6.20 Å². The maximum absolute atomic E-state index is 5.61. The van der Waals surface area contributed by atoms with Crippen LogP contribution in [0.15, 0.2) is 26.3 Å². The number of aryl methyl sites for hydroxylation is 1. The Morgan fingerprint density at radius 2 is 2.37 bits per heavy atom. The molecular formula is C14H18N2OS2. The molecule has 3 rings (SSSR count). The van der Waals surface area contributed by atoms with Crippen LogP contribution in [0.5, 0.6) is 0 Å². The Morgan fingerprint density at radius 3 is 3.11 bits per heavy atom. The quantitative estimate of drug-likeness (QED) is 0.915. The van der Waals surface area contributed by atoms with Crippen LogP contribution >= 0.6 is 23.1 Å². The van der Waals surface area contributed by atoms with Crippen molar-refractivity contribution in [2.24, 2.45) is 0 Å². The van der Waals surface area contributed by atoms with Gasteiger partial charge in [-0.1, -0.05) is 6.92 Å². The summed E-state index contributed by atoms with van der Waals surface area (Å²) >= 11 is 3.83. The number of oxazole rings is 1. The van der Waals surface area contributed by atoms with Crippen molar-refractivity contribution in [1.82, 2.24) is 10.3 Å². The highest BCUT2D eigenvalue weighted by Crippen LogP contribution is 2.44. The molecule has 0 aliphatic carbocycles. The summed E-state index contributed by atoms with van der Waals surface area (Å²) < 4.78 is 7.06. The summed E-state index contributed by atoms with van der Waals surface area (Å²) in [7, 11) is 0. The molecular weight excluding hydrogens is 276 g/mol. The second-order valence-electron chi connectivity index (χ2n) is 5.08. The summed E-state index contributed by atoms with van der Waals surface area (Å²) in [4.78, 5) is 4.31. The Hall–Kier alpha value is -0.780. The van der Waals surface area contributed by atoms with Gasteiger partial charge in [0.05, 0.1) is 16.4 Å². The van der Waals surface area contributed by atoms with E-state index < -0.39 is 0 Å². The minimum atomic E-state index is 0.141. The Kier molecular flexibility index (Phi) is 3.69. The molecule has 0 saturated carbocycles. The van der Waals surface area contributed by atoms with Gasteiger partial charge < -0.3 is 4.42 Å². The van der Waals surface area contributed by atoms with E-state index in [2.05, 4.69) is 35.6 Å². The molecule has 2 aromatic rings. The zero-order chi connectivity index (χ0) is 13.4. The second-order valence-corrected chi connectivity index (χ2v) is 7.70. The van der Waals surface area contributed by atoms with Crippen LogP contribution in [0.2, 0.25) is 0 Å². The minimum Gasteiger partial charge on any atom is -0.444 e. The molecule has 19 heavy (non-hydrogen) atoms. The first-order chi connectivity index (χ1) is 9.13. The van der Waals surface area contributed by atoms with Gasteiger partial charge in [-0.15, -0.1) is 23.1 Å². The van der Waals surface area contributed by atoms with Crippen molar-refractivity contribution in [3.8, 4) is 0 Å². The molecule has 0 saturated heterocycles. The van der Waals surface area contributed by atoms with Gasteiger partial charge in [-0.25, -0.2) is 4.98 Å². The summed E-state index contributed by atoms with van der Waals surface area (Å²) in [6.07, 6.45) is 2.93. The lowest BCUT2D eigenvalue weighted by Crippen LogP contribution is -2.28. The first kappa shape index (κ1) is 13.2. The van der Waals surface area contributed by atoms with E-state index in [4.69, 9.17) is 4.42 Å². The average molecular weight is 294 g/mol. The van der Waals surface area contributed by atoms with Crippen molar-refractivity contribution in [3.63, 3.8) is 0 Å². The summed E-state index contributed by atoms with van der Waals surface area (Å²) in [5.41, 5.74) is 1.43. The molecule has 0 aromatic carbocycles. The minimum absolute atomic E-state index is 0.141. The third-order valence-corrected chi connectivity index (χ3v) is 5.71. The van der Waals surface area contributed by atoms with Crippen LogP contribution < -0.4 is 5.32 Å². The smallest absolute Gasteiger partial charge is 0.211 e. The third-order valence-electron chi connectivity index (χ3n) is 3.37. The van der Waals surface area contributed by atoms with E-state index in [0.717, 1.165) is 18.1 Å². The highest BCUT2D eigenvalue weighted by Gasteiger charge is 2.28. The van der Waals surface area contributed by atoms with Crippen LogP contribution in [0.25, 0.3) is 0 Å². The van der Waals surface area contributed by atoms with Gasteiger partial charge in [-0.05, 0) is 37.3 Å². The fourth-order valence-electron chi connectivity index (χ4n) is 2.45. The Bertz CT molecular complexity index is 563. The van der Waals surface area contributed by atoms with Gasteiger partial charge in [0, 0.05) is 11.3 Å². The van der Waals surface area contributed by atoms with E-state index in [1.165, 1.54) is 9.77 Å². The van der Waals surface area contributed by atoms with Crippen LogP contribution in [0.4, 0.5) is 0 Å². The van der Waals surface area contributed by atoms with Crippen molar-refractivity contribution in [2.45, 2.75) is 48.7 Å². The largest absolute Gasteiger partial charge is 0.444 e. The van der Waals surface area contributed by atoms with E-state index in [0.29, 0.717) is 11.3 Å². The highest BCUT2D eigenvalue weighted by atomic mass is 32.2. The summed E-state index contributed by atoms with van der Waals surface area (Å²) in [6, 6.07) is 2.78. The van der Waals surface area contributed by atoms with Gasteiger partial charge in [-0.2, -0.15) is 0 Å². The van der Waals surface area contributed by atoms with E-state index in [1.807, 2.05) is 30.0 Å². The molecule has 0 bridgehead atoms. The SMILES string of the molecule is Cc1cnc(C(C)NC2C[C@H](C)Sc3sccc32)o1. The van der Waals surface area contributed by atoms with Gasteiger partial charge in [0.15, 0.2) is 0 Å². The lowest BCUT2D eigenvalue weighted by atomic mass is 10.0. The predicted octanol–water partition coefficient (Wildman–Crippen LogP) is 4.32. The number of thiophene rings is 1. The third kappa shape index (κ3) is 2.73. The maximum atomic E-state index is 5.61. The monoisotopic (exact) mass is 294 g/mol. The lowest BCUT2D eigenvalue weighted by Gasteiger charge is -2.29. The summed E-state index contributed by atoms with van der Waals surface area (Å²) in [5, 5.41) is 6.50. The Morgan fingerprint density at radius 1 is 1.53 bits per heavy atom. The van der Waals surface area contributed by atoms with Gasteiger partial charge in [0.25, 0.3) is 0 Å². The molecule has 1 aliphatic rings. The van der Waals surface area contributed by atoms with Gasteiger partial charge in [0.1, 0.15) is 5.76 Å². The number of fused-ring (bicyclic) bond motifs is 1. The van der Waals surface area contributed by atoms with Gasteiger partial charge >= 0.3 is 0 Å². The normalized spacial score (nSPS) is 24.2. The topological polar surface area (TPSA) is 38.1 Å². The lowest BCUT2D eigenvalue weighted by molar-refractivity contribution is 0.360. The molecule has 0 radical (unpaired) electrons. The zero-order valence-corrected chi connectivity index (χ0v) is 13.0. The second kappa shape index (κ2) is 5.31. The van der Waals surface area contributed by atoms with Gasteiger partial charge in [0.2, 0.25) is 5.89 Å². The molecule has 3 atom stereocenters. The molecule has 1 aliphatic heterocycles. The molecule has 0 fully saturated rings. The first-order valence-electron chi connectivity index (χ1n) is 6.56. The Labute approximate surface area is 121 Å². The number of nitrogens with zero attached hydrogens (tertiary/aromatic N) is 1. The van der Waals surface area contributed by atoms with Crippen molar-refractivity contribution in [3.05, 3.63) is 34.9 Å². The number of aromatic nitrogens is 1. The molecule has 1 N–H and O–H groups in total. The molecule has 3 nitrogen and oxygen atoms in total. The maximum Gasteiger partial charge on any atom is 0.211 e. The highest BCUT2D eigenvalue weighted by molar-refractivity contribution is 8.01. The molecule has 0 amide bonds. The summed E-state index contributed by atoms with van der Waals surface area (Å²) in [5.74, 6) is 1.65. The van der Waals surface area contributed by atoms with Crippen LogP contribution in [-0.4, -0.2) is 10.2 Å². The van der Waals surface area contributed by atoms with Crippen LogP contribution in [0.3, 0.4) is 0 Å². The molecule has 5 heteroatoms. The summed E-state index contributed by atoms with van der Waals surface area (Å²) in [6.45, 7) is 6.34. The molecule has 2 unspecified atom stereocenters. The predicted molar refractivity (Wildman–Crippen MR) is 79.8 cm³/mol. The zero-order valence-electron chi connectivity index (χ0n) is 11.3. The van der Waals surface area contributed by atoms with Crippen molar-refractivity contribution in [1.29, 1.82) is 0 Å². The molecule has 2 aromatic heterocycles. The fraction of sp³-hybridized carbons (Fsp3) is 0.500. The molecule has 0 spiro atoms. The average Bonchev–Trinajstić information content (AvgIpc) is 2.97. The fourth-order valence-corrected chi connectivity index (χ4v) is 5.02. The molecule has 102 valence electrons. The standard InChI is InChI=1S/C14H18N2OS2/c1-8-7-15-13(17-8)10(3)16-12-6-9(2)19-14-11(12)4-5-18-14/h4-5,7,9-10,12,16H,6H2,1-3H3/t9-,10?,12?/m0/s1. The number of rotatable bonds is 3. The van der Waals surface area contributed by atoms with Crippen LogP contribution in [0, 0.1) is 6.92 Å². The molecule has 3 heterocycles. The van der Waals surface area contributed by atoms with Crippen LogP contribution in [-0.2, 0) is 0 Å². The van der Waals surface area contributed by atoms with Crippen LogP contribution in [0.1, 0.15) is 49.6 Å². The van der Waals surface area contributed by atoms with E-state index >= 15 is 0 Å². The van der Waals surface area contributed by atoms with Gasteiger partial charge in [-0.3, -0.25) is 5.32 Å².